The van der Waals surface area contributed by atoms with Crippen LogP contribution in [0.5, 0.6) is 0 Å². The quantitative estimate of drug-likeness (QED) is 0.787. The van der Waals surface area contributed by atoms with E-state index in [9.17, 15) is 4.79 Å². The fourth-order valence-corrected chi connectivity index (χ4v) is 3.45. The molecule has 1 aromatic heterocycles. The van der Waals surface area contributed by atoms with Crippen LogP contribution in [0.3, 0.4) is 0 Å². The predicted molar refractivity (Wildman–Crippen MR) is 86.6 cm³/mol. The number of hydrogen-bond acceptors (Lipinski definition) is 6. The van der Waals surface area contributed by atoms with Gasteiger partial charge in [-0.05, 0) is 31.6 Å². The summed E-state index contributed by atoms with van der Waals surface area (Å²) in [6.07, 6.45) is 5.22. The van der Waals surface area contributed by atoms with Crippen molar-refractivity contribution < 1.29 is 18.8 Å². The molecule has 2 aliphatic rings. The van der Waals surface area contributed by atoms with Crippen LogP contribution in [0.1, 0.15) is 49.7 Å². The van der Waals surface area contributed by atoms with Crippen molar-refractivity contribution in [3.05, 3.63) is 11.7 Å². The second-order valence-electron chi connectivity index (χ2n) is 6.70. The Kier molecular flexibility index (Phi) is 6.20. The third-order valence-corrected chi connectivity index (χ3v) is 5.02. The van der Waals surface area contributed by atoms with Gasteiger partial charge in [-0.1, -0.05) is 5.16 Å². The summed E-state index contributed by atoms with van der Waals surface area (Å²) < 4.78 is 15.8. The molecule has 0 aromatic carbocycles. The highest BCUT2D eigenvalue weighted by Crippen LogP contribution is 2.26. The SMILES string of the molecule is COCCC(=O)N1CCC(Cc2nc(C3CCOCC3)no2)CC1. The Bertz CT molecular complexity index is 520. The summed E-state index contributed by atoms with van der Waals surface area (Å²) >= 11 is 0. The highest BCUT2D eigenvalue weighted by Gasteiger charge is 2.26. The molecule has 7 heteroatoms. The molecule has 7 nitrogen and oxygen atoms in total. The maximum absolute atomic E-state index is 12.0. The summed E-state index contributed by atoms with van der Waals surface area (Å²) in [7, 11) is 1.62. The van der Waals surface area contributed by atoms with Crippen LogP contribution < -0.4 is 0 Å². The molecule has 3 rings (SSSR count). The van der Waals surface area contributed by atoms with Crippen molar-refractivity contribution in [1.82, 2.24) is 15.0 Å². The number of carbonyl (C=O) groups excluding carboxylic acids is 1. The molecule has 0 spiro atoms. The highest BCUT2D eigenvalue weighted by molar-refractivity contribution is 5.76. The molecule has 0 bridgehead atoms. The van der Waals surface area contributed by atoms with Crippen LogP contribution in [0.25, 0.3) is 0 Å². The van der Waals surface area contributed by atoms with E-state index in [2.05, 4.69) is 10.1 Å². The summed E-state index contributed by atoms with van der Waals surface area (Å²) in [5.74, 6) is 2.65. The van der Waals surface area contributed by atoms with Gasteiger partial charge in [0.2, 0.25) is 11.8 Å². The molecule has 0 saturated carbocycles. The van der Waals surface area contributed by atoms with Gasteiger partial charge in [-0.15, -0.1) is 0 Å². The monoisotopic (exact) mass is 337 g/mol. The van der Waals surface area contributed by atoms with Crippen LogP contribution >= 0.6 is 0 Å². The van der Waals surface area contributed by atoms with Gasteiger partial charge in [0, 0.05) is 45.8 Å². The molecule has 0 radical (unpaired) electrons. The number of aromatic nitrogens is 2. The normalized spacial score (nSPS) is 20.5. The van der Waals surface area contributed by atoms with Gasteiger partial charge in [-0.25, -0.2) is 0 Å². The molecular formula is C17H27N3O4. The van der Waals surface area contributed by atoms with Gasteiger partial charge in [-0.2, -0.15) is 4.98 Å². The molecule has 0 atom stereocenters. The van der Waals surface area contributed by atoms with Gasteiger partial charge in [0.05, 0.1) is 13.0 Å². The fourth-order valence-electron chi connectivity index (χ4n) is 3.45. The molecule has 0 unspecified atom stereocenters. The van der Waals surface area contributed by atoms with E-state index in [-0.39, 0.29) is 5.91 Å². The predicted octanol–water partition coefficient (Wildman–Crippen LogP) is 1.78. The number of ether oxygens (including phenoxy) is 2. The number of likely N-dealkylation sites (tertiary alicyclic amines) is 1. The van der Waals surface area contributed by atoms with Crippen LogP contribution in [0.15, 0.2) is 4.52 Å². The number of nitrogens with zero attached hydrogens (tertiary/aromatic N) is 3. The largest absolute Gasteiger partial charge is 0.384 e. The van der Waals surface area contributed by atoms with Crippen LogP contribution in [-0.2, 0) is 20.7 Å². The van der Waals surface area contributed by atoms with E-state index in [1.807, 2.05) is 4.90 Å². The van der Waals surface area contributed by atoms with Crippen molar-refractivity contribution >= 4 is 5.91 Å². The summed E-state index contributed by atoms with van der Waals surface area (Å²) in [5.41, 5.74) is 0. The maximum Gasteiger partial charge on any atom is 0.226 e. The molecular weight excluding hydrogens is 310 g/mol. The van der Waals surface area contributed by atoms with Crippen LogP contribution in [-0.4, -0.2) is 61.0 Å². The first-order chi connectivity index (χ1) is 11.8. The zero-order valence-electron chi connectivity index (χ0n) is 14.4. The smallest absolute Gasteiger partial charge is 0.226 e. The number of piperidine rings is 1. The van der Waals surface area contributed by atoms with E-state index in [1.165, 1.54) is 0 Å². The number of rotatable bonds is 6. The van der Waals surface area contributed by atoms with Crippen molar-refractivity contribution in [2.75, 3.05) is 40.0 Å². The van der Waals surface area contributed by atoms with Crippen LogP contribution in [0.4, 0.5) is 0 Å². The molecule has 3 heterocycles. The minimum Gasteiger partial charge on any atom is -0.384 e. The van der Waals surface area contributed by atoms with Gasteiger partial charge in [0.1, 0.15) is 0 Å². The Balaban J connectivity index is 1.44. The molecule has 2 saturated heterocycles. The number of methoxy groups -OCH3 is 1. The van der Waals surface area contributed by atoms with E-state index in [0.717, 1.165) is 70.1 Å². The van der Waals surface area contributed by atoms with Crippen LogP contribution in [0, 0.1) is 5.92 Å². The first kappa shape index (κ1) is 17.4. The van der Waals surface area contributed by atoms with E-state index in [4.69, 9.17) is 14.0 Å². The standard InChI is InChI=1S/C17H27N3O4/c1-22-9-6-16(21)20-7-2-13(3-8-20)12-15-18-17(19-24-15)14-4-10-23-11-5-14/h13-14H,2-12H2,1H3. The Labute approximate surface area is 142 Å². The zero-order valence-corrected chi connectivity index (χ0v) is 14.4. The van der Waals surface area contributed by atoms with Crippen molar-refractivity contribution in [1.29, 1.82) is 0 Å². The van der Waals surface area contributed by atoms with Crippen LogP contribution in [0.2, 0.25) is 0 Å². The third-order valence-electron chi connectivity index (χ3n) is 5.02. The molecule has 1 aromatic rings. The lowest BCUT2D eigenvalue weighted by molar-refractivity contribution is -0.133. The average Bonchev–Trinajstić information content (AvgIpc) is 3.09. The summed E-state index contributed by atoms with van der Waals surface area (Å²) in [5, 5.41) is 4.16. The molecule has 134 valence electrons. The second-order valence-corrected chi connectivity index (χ2v) is 6.70. The summed E-state index contributed by atoms with van der Waals surface area (Å²) in [6, 6.07) is 0. The number of hydrogen-bond donors (Lipinski definition) is 0. The highest BCUT2D eigenvalue weighted by atomic mass is 16.5. The Morgan fingerprint density at radius 3 is 2.71 bits per heavy atom. The van der Waals surface area contributed by atoms with Gasteiger partial charge in [0.15, 0.2) is 5.82 Å². The third kappa shape index (κ3) is 4.54. The topological polar surface area (TPSA) is 77.7 Å². The Hall–Kier alpha value is -1.47. The van der Waals surface area contributed by atoms with Crippen molar-refractivity contribution in [2.45, 2.75) is 44.4 Å². The van der Waals surface area contributed by atoms with Gasteiger partial charge < -0.3 is 18.9 Å². The van der Waals surface area contributed by atoms with Crippen molar-refractivity contribution in [3.63, 3.8) is 0 Å². The van der Waals surface area contributed by atoms with Crippen molar-refractivity contribution in [2.24, 2.45) is 5.92 Å². The lowest BCUT2D eigenvalue weighted by Crippen LogP contribution is -2.39. The van der Waals surface area contributed by atoms with E-state index >= 15 is 0 Å². The molecule has 2 aliphatic heterocycles. The Morgan fingerprint density at radius 2 is 2.00 bits per heavy atom. The molecule has 0 aliphatic carbocycles. The van der Waals surface area contributed by atoms with E-state index in [1.54, 1.807) is 7.11 Å². The minimum atomic E-state index is 0.190. The average molecular weight is 337 g/mol. The maximum atomic E-state index is 12.0. The minimum absolute atomic E-state index is 0.190. The molecule has 0 N–H and O–H groups in total. The molecule has 1 amide bonds. The van der Waals surface area contributed by atoms with Gasteiger partial charge in [-0.3, -0.25) is 4.79 Å². The number of carbonyl (C=O) groups is 1. The zero-order chi connectivity index (χ0) is 16.8. The Morgan fingerprint density at radius 1 is 1.25 bits per heavy atom. The fraction of sp³-hybridized carbons (Fsp3) is 0.824. The molecule has 24 heavy (non-hydrogen) atoms. The first-order valence-electron chi connectivity index (χ1n) is 8.93. The number of amides is 1. The first-order valence-corrected chi connectivity index (χ1v) is 8.93. The summed E-state index contributed by atoms with van der Waals surface area (Å²) in [6.45, 7) is 3.69. The van der Waals surface area contributed by atoms with Crippen molar-refractivity contribution in [3.8, 4) is 0 Å². The summed E-state index contributed by atoms with van der Waals surface area (Å²) in [4.78, 5) is 18.5. The second kappa shape index (κ2) is 8.58. The lowest BCUT2D eigenvalue weighted by atomic mass is 9.93. The van der Waals surface area contributed by atoms with E-state index in [0.29, 0.717) is 24.9 Å². The van der Waals surface area contributed by atoms with E-state index < -0.39 is 0 Å². The lowest BCUT2D eigenvalue weighted by Gasteiger charge is -2.31. The van der Waals surface area contributed by atoms with Gasteiger partial charge >= 0.3 is 0 Å². The molecule has 2 fully saturated rings. The van der Waals surface area contributed by atoms with Gasteiger partial charge in [0.25, 0.3) is 0 Å².